The summed E-state index contributed by atoms with van der Waals surface area (Å²) in [6.07, 6.45) is 68.0. The lowest BCUT2D eigenvalue weighted by Gasteiger charge is -2.18. The molecule has 6 heteroatoms. The van der Waals surface area contributed by atoms with E-state index in [1.54, 1.807) is 0 Å². The molecule has 0 radical (unpaired) electrons. The molecule has 0 heterocycles. The van der Waals surface area contributed by atoms with Gasteiger partial charge >= 0.3 is 17.9 Å². The Morgan fingerprint density at radius 1 is 0.333 bits per heavy atom. The second-order valence-electron chi connectivity index (χ2n) is 16.3. The molecule has 0 amide bonds. The summed E-state index contributed by atoms with van der Waals surface area (Å²) in [5.74, 6) is -1.02. The highest BCUT2D eigenvalue weighted by molar-refractivity contribution is 5.71. The van der Waals surface area contributed by atoms with E-state index in [2.05, 4.69) is 118 Å². The largest absolute Gasteiger partial charge is 0.462 e. The second kappa shape index (κ2) is 50.7. The fourth-order valence-corrected chi connectivity index (χ4v) is 6.54. The van der Waals surface area contributed by atoms with E-state index in [1.807, 2.05) is 12.2 Å². The third-order valence-electron chi connectivity index (χ3n) is 10.3. The molecule has 356 valence electrons. The maximum Gasteiger partial charge on any atom is 0.306 e. The molecule has 0 bridgehead atoms. The number of hydrogen-bond donors (Lipinski definition) is 0. The van der Waals surface area contributed by atoms with E-state index in [-0.39, 0.29) is 31.6 Å². The van der Waals surface area contributed by atoms with Crippen LogP contribution >= 0.6 is 0 Å². The molecule has 0 saturated heterocycles. The van der Waals surface area contributed by atoms with Crippen LogP contribution in [0.2, 0.25) is 0 Å². The van der Waals surface area contributed by atoms with Gasteiger partial charge in [0.2, 0.25) is 0 Å². The zero-order valence-electron chi connectivity index (χ0n) is 40.5. The van der Waals surface area contributed by atoms with Gasteiger partial charge in [-0.1, -0.05) is 214 Å². The molecule has 0 N–H and O–H groups in total. The molecule has 1 atom stereocenters. The number of ether oxygens (including phenoxy) is 3. The fourth-order valence-electron chi connectivity index (χ4n) is 6.54. The molecule has 0 aliphatic heterocycles. The Morgan fingerprint density at radius 2 is 0.651 bits per heavy atom. The topological polar surface area (TPSA) is 78.9 Å². The van der Waals surface area contributed by atoms with Gasteiger partial charge in [0, 0.05) is 19.3 Å². The maximum absolute atomic E-state index is 12.8. The van der Waals surface area contributed by atoms with Gasteiger partial charge in [0.1, 0.15) is 13.2 Å². The number of unbranched alkanes of at least 4 members (excludes halogenated alkanes) is 15. The quantitative estimate of drug-likeness (QED) is 0.0263. The van der Waals surface area contributed by atoms with Crippen molar-refractivity contribution in [1.29, 1.82) is 0 Å². The minimum absolute atomic E-state index is 0.114. The van der Waals surface area contributed by atoms with E-state index in [0.29, 0.717) is 19.3 Å². The molecule has 0 rings (SSSR count). The highest BCUT2D eigenvalue weighted by Crippen LogP contribution is 2.13. The summed E-state index contributed by atoms with van der Waals surface area (Å²) in [5, 5.41) is 0. The van der Waals surface area contributed by atoms with E-state index in [9.17, 15) is 14.4 Å². The van der Waals surface area contributed by atoms with E-state index in [4.69, 9.17) is 14.2 Å². The smallest absolute Gasteiger partial charge is 0.306 e. The zero-order chi connectivity index (χ0) is 45.8. The molecule has 6 nitrogen and oxygen atoms in total. The van der Waals surface area contributed by atoms with Gasteiger partial charge in [-0.25, -0.2) is 0 Å². The second-order valence-corrected chi connectivity index (χ2v) is 16.3. The Kier molecular flexibility index (Phi) is 47.5. The first-order valence-electron chi connectivity index (χ1n) is 25.4. The van der Waals surface area contributed by atoms with Crippen molar-refractivity contribution >= 4 is 17.9 Å². The van der Waals surface area contributed by atoms with Crippen LogP contribution in [0.5, 0.6) is 0 Å². The van der Waals surface area contributed by atoms with Crippen molar-refractivity contribution in [3.05, 3.63) is 109 Å². The standard InChI is InChI=1S/C57H92O6/c1-4-7-10-13-16-19-22-24-26-27-28-29-31-33-36-39-42-45-48-51-57(60)63-54(52-61-55(58)49-46-43-40-37-34-21-18-15-12-9-6-3)53-62-56(59)50-47-44-41-38-35-32-30-25-23-20-17-14-11-8-5-2/h7-8,10-11,16-17,19-20,24-26,28-30,33,36,42,45,54H,4-6,9,12-15,18,21-23,27,31-32,34-35,37-41,43-44,46-53H2,1-3H3/b10-7-,11-8-,19-16-,20-17-,26-24-,29-28-,30-25-,36-33-,45-42-/t54-/m0/s1. The molecule has 0 fully saturated rings. The van der Waals surface area contributed by atoms with Crippen LogP contribution in [0.4, 0.5) is 0 Å². The molecule has 0 aromatic carbocycles. The Morgan fingerprint density at radius 3 is 1.03 bits per heavy atom. The average molecular weight is 873 g/mol. The predicted octanol–water partition coefficient (Wildman–Crippen LogP) is 16.8. The highest BCUT2D eigenvalue weighted by Gasteiger charge is 2.19. The summed E-state index contributed by atoms with van der Waals surface area (Å²) in [4.78, 5) is 37.9. The first-order chi connectivity index (χ1) is 31.0. The summed E-state index contributed by atoms with van der Waals surface area (Å²) in [7, 11) is 0. The van der Waals surface area contributed by atoms with Crippen molar-refractivity contribution in [2.75, 3.05) is 13.2 Å². The molecule has 0 spiro atoms. The highest BCUT2D eigenvalue weighted by atomic mass is 16.6. The number of rotatable bonds is 44. The Hall–Kier alpha value is -3.93. The molecule has 63 heavy (non-hydrogen) atoms. The normalized spacial score (nSPS) is 13.0. The van der Waals surface area contributed by atoms with E-state index in [0.717, 1.165) is 116 Å². The zero-order valence-corrected chi connectivity index (χ0v) is 40.5. The first kappa shape index (κ1) is 59.1. The fraction of sp³-hybridized carbons (Fsp3) is 0.632. The Labute approximate surface area is 387 Å². The molecule has 0 aromatic heterocycles. The lowest BCUT2D eigenvalue weighted by molar-refractivity contribution is -0.166. The summed E-state index contributed by atoms with van der Waals surface area (Å²) in [5.41, 5.74) is 0. The van der Waals surface area contributed by atoms with Gasteiger partial charge in [-0.05, 0) is 89.9 Å². The molecular weight excluding hydrogens is 781 g/mol. The van der Waals surface area contributed by atoms with Crippen LogP contribution in [0.3, 0.4) is 0 Å². The van der Waals surface area contributed by atoms with Gasteiger partial charge in [0.15, 0.2) is 6.10 Å². The Bertz CT molecular complexity index is 1330. The van der Waals surface area contributed by atoms with Crippen molar-refractivity contribution in [2.24, 2.45) is 0 Å². The van der Waals surface area contributed by atoms with E-state index >= 15 is 0 Å². The summed E-state index contributed by atoms with van der Waals surface area (Å²) >= 11 is 0. The molecule has 0 aliphatic carbocycles. The molecule has 0 saturated carbocycles. The van der Waals surface area contributed by atoms with Crippen LogP contribution in [-0.2, 0) is 28.6 Å². The van der Waals surface area contributed by atoms with Crippen molar-refractivity contribution in [3.8, 4) is 0 Å². The molecule has 0 aromatic rings. The van der Waals surface area contributed by atoms with Crippen LogP contribution in [0.15, 0.2) is 109 Å². The molecule has 0 unspecified atom stereocenters. The lowest BCUT2D eigenvalue weighted by atomic mass is 10.1. The van der Waals surface area contributed by atoms with E-state index < -0.39 is 12.1 Å². The predicted molar refractivity (Wildman–Crippen MR) is 270 cm³/mol. The van der Waals surface area contributed by atoms with Crippen LogP contribution in [0.1, 0.15) is 213 Å². The number of esters is 3. The van der Waals surface area contributed by atoms with Gasteiger partial charge in [0.05, 0.1) is 0 Å². The first-order valence-corrected chi connectivity index (χ1v) is 25.4. The minimum atomic E-state index is -0.825. The van der Waals surface area contributed by atoms with E-state index in [1.165, 1.54) is 51.4 Å². The van der Waals surface area contributed by atoms with Gasteiger partial charge in [-0.2, -0.15) is 0 Å². The average Bonchev–Trinajstić information content (AvgIpc) is 3.28. The van der Waals surface area contributed by atoms with Crippen LogP contribution in [0.25, 0.3) is 0 Å². The third-order valence-corrected chi connectivity index (χ3v) is 10.3. The van der Waals surface area contributed by atoms with Gasteiger partial charge in [-0.3, -0.25) is 14.4 Å². The monoisotopic (exact) mass is 873 g/mol. The molecular formula is C57H92O6. The van der Waals surface area contributed by atoms with Crippen molar-refractivity contribution in [1.82, 2.24) is 0 Å². The summed E-state index contributed by atoms with van der Waals surface area (Å²) < 4.78 is 16.7. The number of allylic oxidation sites excluding steroid dienone is 18. The number of carbonyl (C=O) groups excluding carboxylic acids is 3. The van der Waals surface area contributed by atoms with Crippen LogP contribution < -0.4 is 0 Å². The van der Waals surface area contributed by atoms with Crippen LogP contribution in [-0.4, -0.2) is 37.2 Å². The van der Waals surface area contributed by atoms with Gasteiger partial charge in [-0.15, -0.1) is 0 Å². The van der Waals surface area contributed by atoms with Crippen molar-refractivity contribution in [3.63, 3.8) is 0 Å². The Balaban J connectivity index is 4.54. The number of carbonyl (C=O) groups is 3. The molecule has 0 aliphatic rings. The van der Waals surface area contributed by atoms with Crippen LogP contribution in [0, 0.1) is 0 Å². The van der Waals surface area contributed by atoms with Crippen molar-refractivity contribution in [2.45, 2.75) is 219 Å². The lowest BCUT2D eigenvalue weighted by Crippen LogP contribution is -2.30. The number of hydrogen-bond acceptors (Lipinski definition) is 6. The SMILES string of the molecule is CC/C=C\C/C=C\C/C=C\C/C=C\C/C=C\C/C=C\CCC(=O)O[C@H](COC(=O)CCCCCCC/C=C\C/C=C\C/C=C\CC)COC(=O)CCCCCCCCCCCCC. The minimum Gasteiger partial charge on any atom is -0.462 e. The third kappa shape index (κ3) is 49.0. The maximum atomic E-state index is 12.8. The summed E-state index contributed by atoms with van der Waals surface area (Å²) in [6.45, 7) is 6.31. The van der Waals surface area contributed by atoms with Crippen molar-refractivity contribution < 1.29 is 28.6 Å². The summed E-state index contributed by atoms with van der Waals surface area (Å²) in [6, 6.07) is 0. The van der Waals surface area contributed by atoms with Gasteiger partial charge in [0.25, 0.3) is 0 Å². The van der Waals surface area contributed by atoms with Gasteiger partial charge < -0.3 is 14.2 Å².